The van der Waals surface area contributed by atoms with Crippen molar-refractivity contribution in [2.45, 2.75) is 0 Å². The van der Waals surface area contributed by atoms with Crippen molar-refractivity contribution in [1.29, 1.82) is 0 Å². The van der Waals surface area contributed by atoms with Crippen LogP contribution in [0.25, 0.3) is 11.0 Å². The predicted molar refractivity (Wildman–Crippen MR) is 73.9 cm³/mol. The van der Waals surface area contributed by atoms with Crippen molar-refractivity contribution < 1.29 is 14.7 Å². The molecule has 6 nitrogen and oxygen atoms in total. The van der Waals surface area contributed by atoms with Crippen LogP contribution in [-0.2, 0) is 0 Å². The highest BCUT2D eigenvalue weighted by atomic mass is 16.3. The number of carbonyl (C=O) groups excluding carboxylic acids is 2. The van der Waals surface area contributed by atoms with Gasteiger partial charge in [0, 0.05) is 17.2 Å². The first kappa shape index (κ1) is 11.7. The van der Waals surface area contributed by atoms with Crippen LogP contribution in [0.5, 0.6) is 5.75 Å². The average molecular weight is 280 g/mol. The van der Waals surface area contributed by atoms with Gasteiger partial charge in [-0.15, -0.1) is 0 Å². The number of H-pyrrole nitrogens is 2. The van der Waals surface area contributed by atoms with Crippen molar-refractivity contribution in [2.75, 3.05) is 0 Å². The van der Waals surface area contributed by atoms with Crippen molar-refractivity contribution >= 4 is 22.6 Å². The quantitative estimate of drug-likeness (QED) is 0.452. The second-order valence-corrected chi connectivity index (χ2v) is 4.85. The van der Waals surface area contributed by atoms with Gasteiger partial charge in [0.25, 0.3) is 0 Å². The number of aromatic nitrogens is 2. The molecule has 1 heterocycles. The third kappa shape index (κ3) is 1.38. The van der Waals surface area contributed by atoms with Crippen LogP contribution < -0.4 is 5.69 Å². The first-order chi connectivity index (χ1) is 10.1. The topological polar surface area (TPSA) is 103 Å². The molecule has 1 aromatic heterocycles. The number of nitrogens with one attached hydrogen (secondary N) is 2. The number of carbonyl (C=O) groups is 2. The molecule has 0 atom stereocenters. The molecule has 102 valence electrons. The number of rotatable bonds is 0. The second kappa shape index (κ2) is 3.69. The van der Waals surface area contributed by atoms with Gasteiger partial charge in [0.1, 0.15) is 5.75 Å². The van der Waals surface area contributed by atoms with Crippen LogP contribution in [0.3, 0.4) is 0 Å². The Morgan fingerprint density at radius 1 is 0.857 bits per heavy atom. The first-order valence-corrected chi connectivity index (χ1v) is 6.24. The maximum absolute atomic E-state index is 12.6. The molecule has 1 aliphatic carbocycles. The van der Waals surface area contributed by atoms with Gasteiger partial charge in [-0.2, -0.15) is 0 Å². The lowest BCUT2D eigenvalue weighted by Crippen LogP contribution is -2.21. The van der Waals surface area contributed by atoms with Crippen LogP contribution in [0.15, 0.2) is 35.1 Å². The highest BCUT2D eigenvalue weighted by Gasteiger charge is 2.34. The number of imidazole rings is 1. The lowest BCUT2D eigenvalue weighted by molar-refractivity contribution is 0.0978. The minimum Gasteiger partial charge on any atom is -0.507 e. The zero-order chi connectivity index (χ0) is 14.7. The molecule has 3 aromatic rings. The first-order valence-electron chi connectivity index (χ1n) is 6.24. The number of hydrogen-bond donors (Lipinski definition) is 3. The smallest absolute Gasteiger partial charge is 0.323 e. The summed E-state index contributed by atoms with van der Waals surface area (Å²) in [5.41, 5.74) is 0.509. The summed E-state index contributed by atoms with van der Waals surface area (Å²) in [5, 5.41) is 10.1. The maximum atomic E-state index is 12.6. The average Bonchev–Trinajstić information content (AvgIpc) is 2.83. The van der Waals surface area contributed by atoms with Crippen LogP contribution >= 0.6 is 0 Å². The van der Waals surface area contributed by atoms with Crippen LogP contribution in [0.4, 0.5) is 0 Å². The van der Waals surface area contributed by atoms with Gasteiger partial charge in [-0.25, -0.2) is 4.79 Å². The number of ketones is 2. The van der Waals surface area contributed by atoms with E-state index < -0.39 is 17.3 Å². The highest BCUT2D eigenvalue weighted by molar-refractivity contribution is 6.32. The van der Waals surface area contributed by atoms with E-state index in [4.69, 9.17) is 0 Å². The molecule has 1 aliphatic rings. The number of phenols is 1. The molecule has 0 bridgehead atoms. The Balaban J connectivity index is 2.20. The molecule has 2 aromatic carbocycles. The number of phenolic OH excluding ortho intramolecular Hbond substituents is 1. The van der Waals surface area contributed by atoms with Crippen LogP contribution in [0.2, 0.25) is 0 Å². The third-order valence-corrected chi connectivity index (χ3v) is 3.66. The summed E-state index contributed by atoms with van der Waals surface area (Å²) < 4.78 is 0. The van der Waals surface area contributed by atoms with Crippen molar-refractivity contribution in [2.24, 2.45) is 0 Å². The highest BCUT2D eigenvalue weighted by Crippen LogP contribution is 2.36. The Hall–Kier alpha value is -3.15. The Bertz CT molecular complexity index is 1010. The normalized spacial score (nSPS) is 13.3. The van der Waals surface area contributed by atoms with E-state index >= 15 is 0 Å². The molecule has 0 spiro atoms. The van der Waals surface area contributed by atoms with Crippen LogP contribution in [0.1, 0.15) is 31.8 Å². The lowest BCUT2D eigenvalue weighted by atomic mass is 9.83. The monoisotopic (exact) mass is 280 g/mol. The molecule has 0 radical (unpaired) electrons. The van der Waals surface area contributed by atoms with Gasteiger partial charge in [0.05, 0.1) is 22.2 Å². The van der Waals surface area contributed by atoms with E-state index in [0.717, 1.165) is 0 Å². The van der Waals surface area contributed by atoms with Crippen molar-refractivity contribution in [3.8, 4) is 5.75 Å². The minimum absolute atomic E-state index is 0.0343. The lowest BCUT2D eigenvalue weighted by Gasteiger charge is -2.18. The molecule has 3 N–H and O–H groups in total. The number of aromatic amines is 2. The summed E-state index contributed by atoms with van der Waals surface area (Å²) in [7, 11) is 0. The molecule has 21 heavy (non-hydrogen) atoms. The minimum atomic E-state index is -0.503. The van der Waals surface area contributed by atoms with E-state index in [1.165, 1.54) is 6.07 Å². The van der Waals surface area contributed by atoms with Crippen molar-refractivity contribution in [3.05, 3.63) is 63.1 Å². The Morgan fingerprint density at radius 2 is 1.48 bits per heavy atom. The van der Waals surface area contributed by atoms with Gasteiger partial charge < -0.3 is 15.1 Å². The van der Waals surface area contributed by atoms with Gasteiger partial charge in [-0.05, 0) is 0 Å². The summed E-state index contributed by atoms with van der Waals surface area (Å²) in [6.07, 6.45) is 0. The summed E-state index contributed by atoms with van der Waals surface area (Å²) in [5.74, 6) is -1.14. The van der Waals surface area contributed by atoms with E-state index in [1.54, 1.807) is 24.3 Å². The molecule has 0 unspecified atom stereocenters. The van der Waals surface area contributed by atoms with Gasteiger partial charge in [-0.1, -0.05) is 24.3 Å². The molecular formula is C15H8N2O4. The number of fused-ring (bicyclic) bond motifs is 4. The molecule has 0 saturated carbocycles. The number of benzene rings is 2. The Kier molecular flexibility index (Phi) is 2.05. The van der Waals surface area contributed by atoms with Crippen molar-refractivity contribution in [3.63, 3.8) is 0 Å². The standard InChI is InChI=1S/C15H8N2O4/c18-9-5-8-12(17-15(21)16-8)11-10(9)13(19)6-3-1-2-4-7(6)14(11)20/h1-5,18H,(H2,16,17,21). The molecule has 0 saturated heterocycles. The molecule has 4 rings (SSSR count). The summed E-state index contributed by atoms with van der Waals surface area (Å²) in [6, 6.07) is 7.68. The van der Waals surface area contributed by atoms with E-state index in [9.17, 15) is 19.5 Å². The van der Waals surface area contributed by atoms with E-state index in [2.05, 4.69) is 9.97 Å². The van der Waals surface area contributed by atoms with Gasteiger partial charge in [0.2, 0.25) is 0 Å². The Labute approximate surface area is 117 Å². The summed E-state index contributed by atoms with van der Waals surface area (Å²) in [4.78, 5) is 41.5. The fourth-order valence-electron chi connectivity index (χ4n) is 2.77. The molecule has 0 amide bonds. The van der Waals surface area contributed by atoms with Crippen molar-refractivity contribution in [1.82, 2.24) is 9.97 Å². The van der Waals surface area contributed by atoms with Gasteiger partial charge >= 0.3 is 5.69 Å². The Morgan fingerprint density at radius 3 is 2.14 bits per heavy atom. The van der Waals surface area contributed by atoms with E-state index in [0.29, 0.717) is 0 Å². The van der Waals surface area contributed by atoms with Gasteiger partial charge in [-0.3, -0.25) is 9.59 Å². The zero-order valence-electron chi connectivity index (χ0n) is 10.6. The van der Waals surface area contributed by atoms with E-state index in [-0.39, 0.29) is 39.0 Å². The predicted octanol–water partition coefficient (Wildman–Crippen LogP) is 1.34. The fourth-order valence-corrected chi connectivity index (χ4v) is 2.77. The molecule has 0 aliphatic heterocycles. The van der Waals surface area contributed by atoms with Crippen LogP contribution in [0, 0.1) is 0 Å². The number of aromatic hydroxyl groups is 1. The fraction of sp³-hybridized carbons (Fsp3) is 0. The maximum Gasteiger partial charge on any atom is 0.323 e. The molecular weight excluding hydrogens is 272 g/mol. The zero-order valence-corrected chi connectivity index (χ0v) is 10.6. The second-order valence-electron chi connectivity index (χ2n) is 4.85. The summed E-state index contributed by atoms with van der Waals surface area (Å²) >= 11 is 0. The summed E-state index contributed by atoms with van der Waals surface area (Å²) in [6.45, 7) is 0. The number of hydrogen-bond acceptors (Lipinski definition) is 4. The molecule has 0 fully saturated rings. The SMILES string of the molecule is O=C1c2ccccc2C(=O)c2c1c(O)cc1[nH]c(=O)[nH]c21. The largest absolute Gasteiger partial charge is 0.507 e. The third-order valence-electron chi connectivity index (χ3n) is 3.66. The molecule has 6 heteroatoms. The van der Waals surface area contributed by atoms with E-state index in [1.807, 2.05) is 0 Å². The van der Waals surface area contributed by atoms with Gasteiger partial charge in [0.15, 0.2) is 11.6 Å². The van der Waals surface area contributed by atoms with Crippen LogP contribution in [-0.4, -0.2) is 26.6 Å².